The summed E-state index contributed by atoms with van der Waals surface area (Å²) in [5.41, 5.74) is 9.96. The minimum absolute atomic E-state index is 0.0114. The molecule has 0 amide bonds. The lowest BCUT2D eigenvalue weighted by molar-refractivity contribution is -0.0358. The highest BCUT2D eigenvalue weighted by Gasteiger charge is 2.42. The zero-order valence-electron chi connectivity index (χ0n) is 7.25. The fourth-order valence-electron chi connectivity index (χ4n) is 1.16. The minimum atomic E-state index is -1.14. The maximum atomic E-state index is 9.40. The van der Waals surface area contributed by atoms with Gasteiger partial charge in [0.1, 0.15) is 18.3 Å². The first-order valence-corrected chi connectivity index (χ1v) is 4.40. The number of nitrogens with two attached hydrogens (primary N) is 1. The van der Waals surface area contributed by atoms with Gasteiger partial charge in [0, 0.05) is 0 Å². The monoisotopic (exact) mass is 223 g/mol. The van der Waals surface area contributed by atoms with Gasteiger partial charge < -0.3 is 25.8 Å². The number of aliphatic hydroxyl groups excluding tert-OH is 3. The minimum Gasteiger partial charge on any atom is -0.394 e. The molecule has 0 unspecified atom stereocenters. The van der Waals surface area contributed by atoms with Crippen LogP contribution in [0.1, 0.15) is 0 Å². The molecule has 82 valence electrons. The fourth-order valence-corrected chi connectivity index (χ4v) is 1.22. The van der Waals surface area contributed by atoms with Crippen LogP contribution in [0.2, 0.25) is 0 Å². The summed E-state index contributed by atoms with van der Waals surface area (Å²) < 4.78 is 5.05. The maximum absolute atomic E-state index is 9.40. The van der Waals surface area contributed by atoms with Gasteiger partial charge in [0.2, 0.25) is 0 Å². The highest BCUT2D eigenvalue weighted by molar-refractivity contribution is 7.80. The van der Waals surface area contributed by atoms with Crippen LogP contribution in [-0.4, -0.2) is 51.6 Å². The predicted octanol–water partition coefficient (Wildman–Crippen LogP) is -3.24. The summed E-state index contributed by atoms with van der Waals surface area (Å²) in [5.74, 6) is 0. The van der Waals surface area contributed by atoms with Crippen LogP contribution in [0, 0.1) is 0 Å². The Morgan fingerprint density at radius 1 is 1.43 bits per heavy atom. The van der Waals surface area contributed by atoms with E-state index in [1.807, 2.05) is 0 Å². The van der Waals surface area contributed by atoms with Crippen LogP contribution in [0.3, 0.4) is 0 Å². The van der Waals surface area contributed by atoms with Crippen LogP contribution >= 0.6 is 12.2 Å². The molecule has 0 aliphatic carbocycles. The molecule has 0 spiro atoms. The van der Waals surface area contributed by atoms with E-state index in [0.29, 0.717) is 0 Å². The largest absolute Gasteiger partial charge is 0.394 e. The number of hydrogen-bond acceptors (Lipinski definition) is 6. The number of rotatable bonds is 3. The molecule has 7 nitrogen and oxygen atoms in total. The lowest BCUT2D eigenvalue weighted by atomic mass is 10.1. The average molecular weight is 223 g/mol. The predicted molar refractivity (Wildman–Crippen MR) is 50.8 cm³/mol. The molecule has 14 heavy (non-hydrogen) atoms. The van der Waals surface area contributed by atoms with Crippen molar-refractivity contribution in [2.24, 2.45) is 5.73 Å². The number of nitrogens with one attached hydrogen (secondary N) is 2. The quantitative estimate of drug-likeness (QED) is 0.218. The molecule has 1 heterocycles. The summed E-state index contributed by atoms with van der Waals surface area (Å²) in [6.07, 6.45) is -3.95. The van der Waals surface area contributed by atoms with E-state index in [0.717, 1.165) is 0 Å². The standard InChI is InChI=1S/C6H13N3O4S/c7-6(14)9-8-5-4(12)3(11)2(1-10)13-5/h2-5,8,10-12H,1H2,(H3,7,9,14)/t2-,3-,4-,5-/m1/s1. The second-order valence-corrected chi connectivity index (χ2v) is 3.33. The molecule has 0 radical (unpaired) electrons. The maximum Gasteiger partial charge on any atom is 0.178 e. The highest BCUT2D eigenvalue weighted by Crippen LogP contribution is 2.18. The Balaban J connectivity index is 2.44. The molecule has 0 aromatic rings. The summed E-state index contributed by atoms with van der Waals surface area (Å²) in [6, 6.07) is 0. The van der Waals surface area contributed by atoms with Crippen LogP contribution in [0.25, 0.3) is 0 Å². The molecule has 8 heteroatoms. The SMILES string of the molecule is NC(=S)NN[C@@H]1O[C@H](CO)[C@@H](O)[C@H]1O. The molecule has 1 saturated heterocycles. The van der Waals surface area contributed by atoms with Gasteiger partial charge in [-0.25, -0.2) is 5.43 Å². The third-order valence-electron chi connectivity index (χ3n) is 1.88. The van der Waals surface area contributed by atoms with Crippen LogP contribution in [-0.2, 0) is 4.74 Å². The van der Waals surface area contributed by atoms with Gasteiger partial charge in [0.15, 0.2) is 11.3 Å². The van der Waals surface area contributed by atoms with Crippen molar-refractivity contribution in [2.75, 3.05) is 6.61 Å². The Kier molecular flexibility index (Phi) is 3.98. The van der Waals surface area contributed by atoms with E-state index in [4.69, 9.17) is 15.6 Å². The molecule has 1 aliphatic heterocycles. The van der Waals surface area contributed by atoms with Gasteiger partial charge in [-0.15, -0.1) is 0 Å². The summed E-state index contributed by atoms with van der Waals surface area (Å²) in [6.45, 7) is -0.372. The van der Waals surface area contributed by atoms with E-state index < -0.39 is 24.5 Å². The molecule has 1 fully saturated rings. The third kappa shape index (κ3) is 2.50. The first-order chi connectivity index (χ1) is 6.56. The van der Waals surface area contributed by atoms with Crippen molar-refractivity contribution in [1.29, 1.82) is 0 Å². The number of thiocarbonyl (C=S) groups is 1. The first kappa shape index (κ1) is 11.6. The van der Waals surface area contributed by atoms with E-state index in [-0.39, 0.29) is 11.7 Å². The van der Waals surface area contributed by atoms with Crippen LogP contribution in [0.5, 0.6) is 0 Å². The lowest BCUT2D eigenvalue weighted by Gasteiger charge is -2.16. The second-order valence-electron chi connectivity index (χ2n) is 2.89. The van der Waals surface area contributed by atoms with Crippen molar-refractivity contribution in [2.45, 2.75) is 24.5 Å². The van der Waals surface area contributed by atoms with Gasteiger partial charge in [0.05, 0.1) is 6.61 Å². The number of aliphatic hydroxyl groups is 3. The molecule has 1 rings (SSSR count). The van der Waals surface area contributed by atoms with Gasteiger partial charge in [-0.1, -0.05) is 0 Å². The number of hydrogen-bond donors (Lipinski definition) is 6. The third-order valence-corrected chi connectivity index (χ3v) is 1.98. The molecular formula is C6H13N3O4S. The molecule has 4 atom stereocenters. The van der Waals surface area contributed by atoms with Gasteiger partial charge >= 0.3 is 0 Å². The van der Waals surface area contributed by atoms with E-state index >= 15 is 0 Å². The summed E-state index contributed by atoms with van der Waals surface area (Å²) in [5, 5.41) is 27.5. The van der Waals surface area contributed by atoms with Crippen molar-refractivity contribution in [3.8, 4) is 0 Å². The molecule has 7 N–H and O–H groups in total. The molecule has 0 aromatic carbocycles. The first-order valence-electron chi connectivity index (χ1n) is 3.99. The topological polar surface area (TPSA) is 120 Å². The molecule has 0 saturated carbocycles. The Morgan fingerprint density at radius 3 is 2.50 bits per heavy atom. The Hall–Kier alpha value is -0.510. The Morgan fingerprint density at radius 2 is 2.07 bits per heavy atom. The Labute approximate surface area is 85.8 Å². The molecule has 1 aliphatic rings. The molecule has 0 aromatic heterocycles. The van der Waals surface area contributed by atoms with E-state index in [1.54, 1.807) is 0 Å². The summed E-state index contributed by atoms with van der Waals surface area (Å²) >= 11 is 4.51. The van der Waals surface area contributed by atoms with Crippen molar-refractivity contribution in [3.63, 3.8) is 0 Å². The van der Waals surface area contributed by atoms with E-state index in [9.17, 15) is 10.2 Å². The van der Waals surface area contributed by atoms with Crippen molar-refractivity contribution in [1.82, 2.24) is 10.9 Å². The van der Waals surface area contributed by atoms with E-state index in [2.05, 4.69) is 23.1 Å². The zero-order chi connectivity index (χ0) is 10.7. The summed E-state index contributed by atoms with van der Waals surface area (Å²) in [7, 11) is 0. The fraction of sp³-hybridized carbons (Fsp3) is 0.833. The molecule has 0 bridgehead atoms. The van der Waals surface area contributed by atoms with E-state index in [1.165, 1.54) is 0 Å². The van der Waals surface area contributed by atoms with Gasteiger partial charge in [0.25, 0.3) is 0 Å². The van der Waals surface area contributed by atoms with Gasteiger partial charge in [-0.2, -0.15) is 0 Å². The smallest absolute Gasteiger partial charge is 0.178 e. The zero-order valence-corrected chi connectivity index (χ0v) is 8.07. The van der Waals surface area contributed by atoms with Crippen LogP contribution in [0.15, 0.2) is 0 Å². The van der Waals surface area contributed by atoms with Gasteiger partial charge in [-0.05, 0) is 12.2 Å². The second kappa shape index (κ2) is 4.82. The van der Waals surface area contributed by atoms with Crippen molar-refractivity contribution in [3.05, 3.63) is 0 Å². The Bertz CT molecular complexity index is 217. The number of hydrazine groups is 1. The number of ether oxygens (including phenoxy) is 1. The molecular weight excluding hydrogens is 210 g/mol. The van der Waals surface area contributed by atoms with Crippen molar-refractivity contribution >= 4 is 17.3 Å². The van der Waals surface area contributed by atoms with Crippen molar-refractivity contribution < 1.29 is 20.1 Å². The average Bonchev–Trinajstić information content (AvgIpc) is 2.41. The van der Waals surface area contributed by atoms with Gasteiger partial charge in [-0.3, -0.25) is 5.43 Å². The van der Waals surface area contributed by atoms with Crippen LogP contribution < -0.4 is 16.6 Å². The normalized spacial score (nSPS) is 37.1. The highest BCUT2D eigenvalue weighted by atomic mass is 32.1. The van der Waals surface area contributed by atoms with Crippen LogP contribution in [0.4, 0.5) is 0 Å². The summed E-state index contributed by atoms with van der Waals surface area (Å²) in [4.78, 5) is 0. The lowest BCUT2D eigenvalue weighted by Crippen LogP contribution is -2.51.